The number of likely N-dealkylation sites (tertiary alicyclic amines) is 1. The molecule has 1 saturated carbocycles. The fraction of sp³-hybridized carbons (Fsp3) is 0.636. The predicted molar refractivity (Wildman–Crippen MR) is 138 cm³/mol. The zero-order valence-corrected chi connectivity index (χ0v) is 22.1. The molecule has 3 N–H and O–H groups in total. The van der Waals surface area contributed by atoms with E-state index in [9.17, 15) is 13.2 Å². The van der Waals surface area contributed by atoms with E-state index in [1.165, 1.54) is 26.3 Å². The Bertz CT molecular complexity index is 870. The number of sulfonamides is 1. The SMILES string of the molecule is CCNC(=NCc1ccc(S(=O)(=O)NC)cc1)NC1CCN(C(=O)C2CCCCC2)C1.I. The molecule has 1 aromatic rings. The zero-order chi connectivity index (χ0) is 22.3. The third-order valence-corrected chi connectivity index (χ3v) is 7.49. The van der Waals surface area contributed by atoms with Gasteiger partial charge in [0.25, 0.3) is 0 Å². The minimum Gasteiger partial charge on any atom is -0.357 e. The van der Waals surface area contributed by atoms with Crippen LogP contribution in [0, 0.1) is 5.92 Å². The molecular weight excluding hydrogens is 541 g/mol. The summed E-state index contributed by atoms with van der Waals surface area (Å²) in [5.41, 5.74) is 0.924. The molecule has 1 heterocycles. The van der Waals surface area contributed by atoms with E-state index in [1.54, 1.807) is 24.3 Å². The topological polar surface area (TPSA) is 103 Å². The number of rotatable bonds is 7. The minimum absolute atomic E-state index is 0. The number of hydrogen-bond acceptors (Lipinski definition) is 4. The van der Waals surface area contributed by atoms with Crippen LogP contribution in [0.15, 0.2) is 34.2 Å². The first-order valence-electron chi connectivity index (χ1n) is 11.3. The Morgan fingerprint density at radius 3 is 2.44 bits per heavy atom. The number of nitrogens with zero attached hydrogens (tertiary/aromatic N) is 2. The highest BCUT2D eigenvalue weighted by Crippen LogP contribution is 2.26. The second-order valence-electron chi connectivity index (χ2n) is 8.30. The fourth-order valence-corrected chi connectivity index (χ4v) is 4.99. The van der Waals surface area contributed by atoms with Crippen molar-refractivity contribution in [3.63, 3.8) is 0 Å². The number of benzene rings is 1. The maximum absolute atomic E-state index is 12.8. The van der Waals surface area contributed by atoms with Gasteiger partial charge in [-0.3, -0.25) is 4.79 Å². The first kappa shape index (κ1) is 26.8. The third kappa shape index (κ3) is 7.31. The zero-order valence-electron chi connectivity index (χ0n) is 19.0. The van der Waals surface area contributed by atoms with E-state index < -0.39 is 10.0 Å². The van der Waals surface area contributed by atoms with Crippen LogP contribution in [-0.2, 0) is 21.4 Å². The molecule has 1 amide bonds. The van der Waals surface area contributed by atoms with Crippen LogP contribution in [0.4, 0.5) is 0 Å². The van der Waals surface area contributed by atoms with Gasteiger partial charge < -0.3 is 15.5 Å². The van der Waals surface area contributed by atoms with Crippen LogP contribution in [0.3, 0.4) is 0 Å². The van der Waals surface area contributed by atoms with Crippen LogP contribution in [-0.4, -0.2) is 57.9 Å². The van der Waals surface area contributed by atoms with Crippen LogP contribution >= 0.6 is 24.0 Å². The van der Waals surface area contributed by atoms with Crippen molar-refractivity contribution < 1.29 is 13.2 Å². The van der Waals surface area contributed by atoms with Gasteiger partial charge in [0.2, 0.25) is 15.9 Å². The lowest BCUT2D eigenvalue weighted by atomic mass is 9.88. The van der Waals surface area contributed by atoms with E-state index in [0.717, 1.165) is 44.5 Å². The van der Waals surface area contributed by atoms with Gasteiger partial charge in [-0.25, -0.2) is 18.1 Å². The van der Waals surface area contributed by atoms with Crippen molar-refractivity contribution in [1.82, 2.24) is 20.3 Å². The maximum Gasteiger partial charge on any atom is 0.240 e. The summed E-state index contributed by atoms with van der Waals surface area (Å²) in [5, 5.41) is 6.72. The Hall–Kier alpha value is -1.40. The molecule has 3 rings (SSSR count). The van der Waals surface area contributed by atoms with Gasteiger partial charge in [0.1, 0.15) is 0 Å². The summed E-state index contributed by atoms with van der Waals surface area (Å²) < 4.78 is 26.0. The van der Waals surface area contributed by atoms with Crippen molar-refractivity contribution in [3.8, 4) is 0 Å². The molecule has 0 bridgehead atoms. The molecule has 180 valence electrons. The lowest BCUT2D eigenvalue weighted by molar-refractivity contribution is -0.135. The van der Waals surface area contributed by atoms with E-state index in [1.807, 2.05) is 11.8 Å². The van der Waals surface area contributed by atoms with Crippen molar-refractivity contribution >= 4 is 45.9 Å². The highest BCUT2D eigenvalue weighted by atomic mass is 127. The van der Waals surface area contributed by atoms with E-state index in [0.29, 0.717) is 18.4 Å². The molecule has 2 fully saturated rings. The number of hydrogen-bond donors (Lipinski definition) is 3. The highest BCUT2D eigenvalue weighted by Gasteiger charge is 2.31. The van der Waals surface area contributed by atoms with Gasteiger partial charge in [0, 0.05) is 31.6 Å². The normalized spacial score (nSPS) is 20.0. The average Bonchev–Trinajstić information content (AvgIpc) is 3.26. The monoisotopic (exact) mass is 577 g/mol. The third-order valence-electron chi connectivity index (χ3n) is 6.06. The average molecular weight is 578 g/mol. The second-order valence-corrected chi connectivity index (χ2v) is 10.2. The number of guanidine groups is 1. The maximum atomic E-state index is 12.8. The number of amides is 1. The van der Waals surface area contributed by atoms with Crippen LogP contribution in [0.25, 0.3) is 0 Å². The van der Waals surface area contributed by atoms with Crippen molar-refractivity contribution in [2.24, 2.45) is 10.9 Å². The Labute approximate surface area is 209 Å². The second kappa shape index (κ2) is 12.7. The van der Waals surface area contributed by atoms with Gasteiger partial charge in [-0.15, -0.1) is 24.0 Å². The summed E-state index contributed by atoms with van der Waals surface area (Å²) in [6.07, 6.45) is 6.58. The summed E-state index contributed by atoms with van der Waals surface area (Å²) >= 11 is 0. The number of carbonyl (C=O) groups excluding carboxylic acids is 1. The quantitative estimate of drug-likeness (QED) is 0.263. The van der Waals surface area contributed by atoms with E-state index >= 15 is 0 Å². The largest absolute Gasteiger partial charge is 0.357 e. The molecule has 0 spiro atoms. The van der Waals surface area contributed by atoms with Crippen LogP contribution in [0.1, 0.15) is 51.0 Å². The first-order valence-corrected chi connectivity index (χ1v) is 12.8. The molecule has 32 heavy (non-hydrogen) atoms. The predicted octanol–water partition coefficient (Wildman–Crippen LogP) is 2.45. The Morgan fingerprint density at radius 1 is 1.12 bits per heavy atom. The lowest BCUT2D eigenvalue weighted by Gasteiger charge is -2.26. The molecule has 1 aromatic carbocycles. The standard InChI is InChI=1S/C22H35N5O3S.HI/c1-3-24-22(25-15-17-9-11-20(12-10-17)31(29,30)23-2)26-19-13-14-27(16-19)21(28)18-7-5-4-6-8-18;/h9-12,18-19,23H,3-8,13-16H2,1-2H3,(H2,24,25,26);1H. The van der Waals surface area contributed by atoms with Crippen LogP contribution in [0.2, 0.25) is 0 Å². The molecule has 1 aliphatic carbocycles. The van der Waals surface area contributed by atoms with Crippen molar-refractivity contribution in [2.75, 3.05) is 26.7 Å². The minimum atomic E-state index is -3.43. The number of nitrogens with one attached hydrogen (secondary N) is 3. The van der Waals surface area contributed by atoms with E-state index in [-0.39, 0.29) is 40.8 Å². The molecule has 0 radical (unpaired) electrons. The lowest BCUT2D eigenvalue weighted by Crippen LogP contribution is -2.45. The van der Waals surface area contributed by atoms with Crippen LogP contribution in [0.5, 0.6) is 0 Å². The summed E-state index contributed by atoms with van der Waals surface area (Å²) in [5.74, 6) is 1.25. The number of carbonyl (C=O) groups is 1. The molecule has 8 nitrogen and oxygen atoms in total. The van der Waals surface area contributed by atoms with Gasteiger partial charge in [-0.2, -0.15) is 0 Å². The number of aliphatic imine (C=N–C) groups is 1. The molecule has 0 aromatic heterocycles. The van der Waals surface area contributed by atoms with Crippen molar-refractivity contribution in [3.05, 3.63) is 29.8 Å². The van der Waals surface area contributed by atoms with Gasteiger partial charge in [-0.05, 0) is 50.9 Å². The summed E-state index contributed by atoms with van der Waals surface area (Å²) in [6, 6.07) is 6.91. The first-order chi connectivity index (χ1) is 14.9. The van der Waals surface area contributed by atoms with Gasteiger partial charge >= 0.3 is 0 Å². The molecule has 1 atom stereocenters. The number of halogens is 1. The van der Waals surface area contributed by atoms with Gasteiger partial charge in [0.15, 0.2) is 5.96 Å². The molecule has 2 aliphatic rings. The Balaban J connectivity index is 0.00000363. The molecule has 1 saturated heterocycles. The Morgan fingerprint density at radius 2 is 1.81 bits per heavy atom. The van der Waals surface area contributed by atoms with Crippen molar-refractivity contribution in [1.29, 1.82) is 0 Å². The Kier molecular flexibility index (Phi) is 10.7. The van der Waals surface area contributed by atoms with E-state index in [2.05, 4.69) is 20.3 Å². The van der Waals surface area contributed by atoms with Gasteiger partial charge in [-0.1, -0.05) is 31.4 Å². The summed E-state index contributed by atoms with van der Waals surface area (Å²) in [4.78, 5) is 19.7. The molecule has 1 unspecified atom stereocenters. The summed E-state index contributed by atoms with van der Waals surface area (Å²) in [6.45, 7) is 4.71. The van der Waals surface area contributed by atoms with E-state index in [4.69, 9.17) is 0 Å². The smallest absolute Gasteiger partial charge is 0.240 e. The van der Waals surface area contributed by atoms with Gasteiger partial charge in [0.05, 0.1) is 11.4 Å². The highest BCUT2D eigenvalue weighted by molar-refractivity contribution is 14.0. The molecular formula is C22H36IN5O3S. The fourth-order valence-electron chi connectivity index (χ4n) is 4.26. The molecule has 10 heteroatoms. The van der Waals surface area contributed by atoms with Crippen LogP contribution < -0.4 is 15.4 Å². The summed E-state index contributed by atoms with van der Waals surface area (Å²) in [7, 11) is -2.04. The molecule has 1 aliphatic heterocycles. The van der Waals surface area contributed by atoms with Crippen molar-refractivity contribution in [2.45, 2.75) is 62.9 Å².